The Hall–Kier alpha value is -4.92. The van der Waals surface area contributed by atoms with Crippen molar-refractivity contribution < 1.29 is 4.79 Å². The molecule has 2 aromatic carbocycles. The highest BCUT2D eigenvalue weighted by molar-refractivity contribution is 6.08. The maximum absolute atomic E-state index is 12.8. The van der Waals surface area contributed by atoms with Gasteiger partial charge in [-0.1, -0.05) is 6.07 Å². The average Bonchev–Trinajstić information content (AvgIpc) is 3.48. The Kier molecular flexibility index (Phi) is 4.99. The van der Waals surface area contributed by atoms with Gasteiger partial charge in [0.1, 0.15) is 11.5 Å². The smallest absolute Gasteiger partial charge is 0.272 e. The monoisotopic (exact) mass is 460 g/mol. The number of carbonyl (C=O) groups excluding carboxylic acids is 1. The molecule has 0 radical (unpaired) electrons. The molecule has 0 saturated heterocycles. The lowest BCUT2D eigenvalue weighted by atomic mass is 10.1. The van der Waals surface area contributed by atoms with Crippen LogP contribution < -0.4 is 10.6 Å². The average molecular weight is 461 g/mol. The number of fused-ring (bicyclic) bond motifs is 2. The van der Waals surface area contributed by atoms with E-state index < -0.39 is 0 Å². The molecule has 0 aliphatic carbocycles. The number of aromatic nitrogens is 5. The number of carbonyl (C=O) groups is 1. The molecule has 9 nitrogen and oxygen atoms in total. The van der Waals surface area contributed by atoms with E-state index >= 15 is 0 Å². The molecule has 1 amide bonds. The molecule has 4 heterocycles. The highest BCUT2D eigenvalue weighted by Gasteiger charge is 2.16. The first-order chi connectivity index (χ1) is 17.1. The van der Waals surface area contributed by atoms with Crippen LogP contribution in [0.4, 0.5) is 17.2 Å². The second-order valence-corrected chi connectivity index (χ2v) is 8.24. The number of H-pyrrole nitrogens is 1. The van der Waals surface area contributed by atoms with Gasteiger partial charge >= 0.3 is 0 Å². The van der Waals surface area contributed by atoms with E-state index in [9.17, 15) is 4.79 Å². The number of anilines is 3. The summed E-state index contributed by atoms with van der Waals surface area (Å²) in [6, 6.07) is 15.6. The van der Waals surface area contributed by atoms with Gasteiger partial charge < -0.3 is 15.6 Å². The summed E-state index contributed by atoms with van der Waals surface area (Å²) < 4.78 is 0. The van der Waals surface area contributed by atoms with Gasteiger partial charge in [0.2, 0.25) is 0 Å². The number of hydrogen-bond acceptors (Lipinski definition) is 7. The van der Waals surface area contributed by atoms with Crippen molar-refractivity contribution in [2.75, 3.05) is 10.6 Å². The molecule has 3 aromatic heterocycles. The Labute approximate surface area is 200 Å². The predicted octanol–water partition coefficient (Wildman–Crippen LogP) is 4.65. The largest absolute Gasteiger partial charge is 0.350 e. The normalized spacial score (nSPS) is 12.0. The number of aromatic amines is 1. The molecule has 0 saturated carbocycles. The number of aliphatic imine (C=N–C) groups is 1. The van der Waals surface area contributed by atoms with Gasteiger partial charge in [-0.2, -0.15) is 10.2 Å². The van der Waals surface area contributed by atoms with Crippen molar-refractivity contribution in [3.05, 3.63) is 89.5 Å². The van der Waals surface area contributed by atoms with Gasteiger partial charge in [0.15, 0.2) is 5.82 Å². The molecule has 0 unspecified atom stereocenters. The minimum absolute atomic E-state index is 0.241. The van der Waals surface area contributed by atoms with Crippen molar-refractivity contribution in [1.29, 1.82) is 0 Å². The number of aryl methyl sites for hydroxylation is 1. The zero-order valence-corrected chi connectivity index (χ0v) is 18.8. The predicted molar refractivity (Wildman–Crippen MR) is 135 cm³/mol. The van der Waals surface area contributed by atoms with Gasteiger partial charge in [0.05, 0.1) is 24.6 Å². The lowest BCUT2D eigenvalue weighted by Crippen LogP contribution is -2.13. The van der Waals surface area contributed by atoms with E-state index in [4.69, 9.17) is 4.98 Å². The molecule has 0 atom stereocenters. The lowest BCUT2D eigenvalue weighted by Gasteiger charge is -2.08. The third kappa shape index (κ3) is 3.99. The van der Waals surface area contributed by atoms with E-state index in [1.54, 1.807) is 12.3 Å². The molecule has 0 bridgehead atoms. The number of nitrogens with zero attached hydrogens (tertiary/aromatic N) is 5. The van der Waals surface area contributed by atoms with Crippen LogP contribution in [0.15, 0.2) is 72.1 Å². The second-order valence-electron chi connectivity index (χ2n) is 8.24. The van der Waals surface area contributed by atoms with E-state index in [0.29, 0.717) is 23.0 Å². The van der Waals surface area contributed by atoms with Crippen molar-refractivity contribution >= 4 is 40.2 Å². The zero-order valence-electron chi connectivity index (χ0n) is 18.8. The topological polar surface area (TPSA) is 121 Å². The number of amides is 1. The molecule has 0 spiro atoms. The molecule has 0 fully saturated rings. The first kappa shape index (κ1) is 20.7. The van der Waals surface area contributed by atoms with Crippen LogP contribution in [0, 0.1) is 6.92 Å². The van der Waals surface area contributed by atoms with Crippen LogP contribution >= 0.6 is 0 Å². The van der Waals surface area contributed by atoms with E-state index in [1.807, 2.05) is 43.5 Å². The molecule has 35 heavy (non-hydrogen) atoms. The van der Waals surface area contributed by atoms with Gasteiger partial charge in [-0.25, -0.2) is 9.97 Å². The maximum Gasteiger partial charge on any atom is 0.272 e. The van der Waals surface area contributed by atoms with Gasteiger partial charge in [-0.15, -0.1) is 0 Å². The fourth-order valence-corrected chi connectivity index (χ4v) is 4.15. The van der Waals surface area contributed by atoms with Gasteiger partial charge in [0.25, 0.3) is 5.91 Å². The van der Waals surface area contributed by atoms with Crippen LogP contribution in [0.5, 0.6) is 0 Å². The fourth-order valence-electron chi connectivity index (χ4n) is 4.15. The van der Waals surface area contributed by atoms with Gasteiger partial charge in [-0.3, -0.25) is 9.79 Å². The quantitative estimate of drug-likeness (QED) is 0.351. The Morgan fingerprint density at radius 2 is 1.94 bits per heavy atom. The second kappa shape index (κ2) is 8.45. The molecule has 1 aliphatic rings. The Morgan fingerprint density at radius 1 is 1.00 bits per heavy atom. The minimum Gasteiger partial charge on any atom is -0.350 e. The Bertz CT molecular complexity index is 1610. The SMILES string of the molecule is Cc1c(C(=O)Nc2ccnnc2)[nH]c2ccc(-c3nccc(Nc4ccc5c(c4)C=NC5)n3)cc12. The molecule has 5 aromatic rings. The summed E-state index contributed by atoms with van der Waals surface area (Å²) in [6.45, 7) is 2.65. The number of hydrogen-bond donors (Lipinski definition) is 3. The van der Waals surface area contributed by atoms with Crippen molar-refractivity contribution in [1.82, 2.24) is 25.1 Å². The van der Waals surface area contributed by atoms with E-state index in [0.717, 1.165) is 39.8 Å². The van der Waals surface area contributed by atoms with Crippen LogP contribution in [0.1, 0.15) is 27.2 Å². The molecule has 9 heteroatoms. The highest BCUT2D eigenvalue weighted by atomic mass is 16.1. The van der Waals surface area contributed by atoms with Crippen LogP contribution in [-0.2, 0) is 6.54 Å². The summed E-state index contributed by atoms with van der Waals surface area (Å²) in [7, 11) is 0. The molecule has 3 N–H and O–H groups in total. The van der Waals surface area contributed by atoms with E-state index in [-0.39, 0.29) is 5.91 Å². The third-order valence-corrected chi connectivity index (χ3v) is 5.95. The van der Waals surface area contributed by atoms with E-state index in [1.165, 1.54) is 18.0 Å². The third-order valence-electron chi connectivity index (χ3n) is 5.95. The summed E-state index contributed by atoms with van der Waals surface area (Å²) in [5.74, 6) is 1.05. The molecule has 1 aliphatic heterocycles. The number of rotatable bonds is 5. The summed E-state index contributed by atoms with van der Waals surface area (Å²) >= 11 is 0. The summed E-state index contributed by atoms with van der Waals surface area (Å²) in [5, 5.41) is 14.6. The molecule has 6 rings (SSSR count). The first-order valence-corrected chi connectivity index (χ1v) is 11.1. The van der Waals surface area contributed by atoms with Crippen LogP contribution in [0.3, 0.4) is 0 Å². The summed E-state index contributed by atoms with van der Waals surface area (Å²) in [4.78, 5) is 29.5. The molecular weight excluding hydrogens is 440 g/mol. The maximum atomic E-state index is 12.8. The number of nitrogens with one attached hydrogen (secondary N) is 3. The summed E-state index contributed by atoms with van der Waals surface area (Å²) in [5.41, 5.74) is 6.92. The molecular formula is C26H20N8O. The fraction of sp³-hybridized carbons (Fsp3) is 0.0769. The standard InChI is InChI=1S/C26H20N8O/c1-15-21-11-16(3-5-22(21)33-24(15)26(35)32-20-6-9-29-30-14-20)25-28-8-7-23(34-25)31-19-4-2-17-12-27-13-18(17)10-19/h2-11,13-14,33H,12H2,1H3,(H,28,31,34)(H,29,32,35). The number of benzene rings is 2. The zero-order chi connectivity index (χ0) is 23.8. The van der Waals surface area contributed by atoms with E-state index in [2.05, 4.69) is 47.9 Å². The Balaban J connectivity index is 1.28. The minimum atomic E-state index is -0.241. The lowest BCUT2D eigenvalue weighted by molar-refractivity contribution is 0.102. The van der Waals surface area contributed by atoms with Crippen molar-refractivity contribution in [2.24, 2.45) is 4.99 Å². The van der Waals surface area contributed by atoms with Crippen molar-refractivity contribution in [2.45, 2.75) is 13.5 Å². The Morgan fingerprint density at radius 3 is 2.83 bits per heavy atom. The van der Waals surface area contributed by atoms with Crippen LogP contribution in [0.2, 0.25) is 0 Å². The molecule has 170 valence electrons. The van der Waals surface area contributed by atoms with Gasteiger partial charge in [0, 0.05) is 34.6 Å². The van der Waals surface area contributed by atoms with Crippen LogP contribution in [0.25, 0.3) is 22.3 Å². The van der Waals surface area contributed by atoms with Crippen molar-refractivity contribution in [3.63, 3.8) is 0 Å². The van der Waals surface area contributed by atoms with Crippen LogP contribution in [-0.4, -0.2) is 37.3 Å². The van der Waals surface area contributed by atoms with Crippen molar-refractivity contribution in [3.8, 4) is 11.4 Å². The summed E-state index contributed by atoms with van der Waals surface area (Å²) in [6.07, 6.45) is 6.66. The first-order valence-electron chi connectivity index (χ1n) is 11.1. The van der Waals surface area contributed by atoms with Gasteiger partial charge in [-0.05, 0) is 66.1 Å². The highest BCUT2D eigenvalue weighted by Crippen LogP contribution is 2.28.